The molecule has 0 saturated carbocycles. The van der Waals surface area contributed by atoms with Crippen LogP contribution in [0, 0.1) is 0 Å². The number of hydrogen-bond donors (Lipinski definition) is 0. The van der Waals surface area contributed by atoms with Crippen molar-refractivity contribution in [3.05, 3.63) is 29.7 Å². The molecule has 1 rings (SSSR count). The summed E-state index contributed by atoms with van der Waals surface area (Å²) in [7, 11) is 0. The van der Waals surface area contributed by atoms with E-state index in [2.05, 4.69) is 0 Å². The molecule has 0 spiro atoms. The number of hydrogen-bond acceptors (Lipinski definition) is 5. The molecule has 19 heavy (non-hydrogen) atoms. The van der Waals surface area contributed by atoms with Gasteiger partial charge in [-0.05, 0) is 38.5 Å². The van der Waals surface area contributed by atoms with E-state index in [-0.39, 0.29) is 25.4 Å². The summed E-state index contributed by atoms with van der Waals surface area (Å²) in [5.74, 6) is -0.229. The third-order valence-electron chi connectivity index (χ3n) is 2.30. The van der Waals surface area contributed by atoms with Crippen molar-refractivity contribution in [3.8, 4) is 0 Å². The van der Waals surface area contributed by atoms with E-state index in [1.54, 1.807) is 32.1 Å². The van der Waals surface area contributed by atoms with Gasteiger partial charge in [-0.1, -0.05) is 0 Å². The monoisotopic (exact) mass is 266 g/mol. The Morgan fingerprint density at radius 2 is 1.95 bits per heavy atom. The highest BCUT2D eigenvalue weighted by molar-refractivity contribution is 5.93. The largest absolute Gasteiger partial charge is 0.466 e. The Labute approximate surface area is 112 Å². The van der Waals surface area contributed by atoms with Gasteiger partial charge in [-0.3, -0.25) is 4.79 Å². The van der Waals surface area contributed by atoms with Crippen molar-refractivity contribution in [2.24, 2.45) is 0 Å². The Hall–Kier alpha value is -2.04. The smallest absolute Gasteiger partial charge is 0.334 e. The quantitative estimate of drug-likeness (QED) is 0.560. The molecule has 0 aliphatic carbocycles. The minimum Gasteiger partial charge on any atom is -0.466 e. The number of rotatable bonds is 7. The van der Waals surface area contributed by atoms with Gasteiger partial charge >= 0.3 is 11.9 Å². The average Bonchev–Trinajstić information content (AvgIpc) is 2.88. The van der Waals surface area contributed by atoms with Gasteiger partial charge in [-0.2, -0.15) is 0 Å². The van der Waals surface area contributed by atoms with Gasteiger partial charge in [0.15, 0.2) is 0 Å². The van der Waals surface area contributed by atoms with Crippen LogP contribution in [0.1, 0.15) is 32.4 Å². The zero-order valence-electron chi connectivity index (χ0n) is 11.2. The van der Waals surface area contributed by atoms with Crippen LogP contribution in [-0.2, 0) is 19.1 Å². The molecule has 0 unspecified atom stereocenters. The molecule has 0 amide bonds. The Bertz CT molecular complexity index is 431. The van der Waals surface area contributed by atoms with Gasteiger partial charge in [0.05, 0.1) is 19.5 Å². The lowest BCUT2D eigenvalue weighted by Crippen LogP contribution is -2.10. The first-order valence-corrected chi connectivity index (χ1v) is 6.24. The van der Waals surface area contributed by atoms with Crippen LogP contribution in [-0.4, -0.2) is 25.2 Å². The topological polar surface area (TPSA) is 65.7 Å². The van der Waals surface area contributed by atoms with Crippen LogP contribution in [0.2, 0.25) is 0 Å². The Morgan fingerprint density at radius 1 is 1.21 bits per heavy atom. The summed E-state index contributed by atoms with van der Waals surface area (Å²) in [6.45, 7) is 4.08. The van der Waals surface area contributed by atoms with Gasteiger partial charge in [0.2, 0.25) is 0 Å². The van der Waals surface area contributed by atoms with Crippen LogP contribution >= 0.6 is 0 Å². The van der Waals surface area contributed by atoms with Crippen molar-refractivity contribution in [3.63, 3.8) is 0 Å². The lowest BCUT2D eigenvalue weighted by molar-refractivity contribution is -0.143. The van der Waals surface area contributed by atoms with Gasteiger partial charge in [-0.25, -0.2) is 4.79 Å². The van der Waals surface area contributed by atoms with Gasteiger partial charge in [0.1, 0.15) is 5.76 Å². The minimum atomic E-state index is -0.441. The van der Waals surface area contributed by atoms with Gasteiger partial charge in [-0.15, -0.1) is 0 Å². The van der Waals surface area contributed by atoms with Gasteiger partial charge in [0.25, 0.3) is 0 Å². The molecule has 1 heterocycles. The molecule has 0 aliphatic rings. The van der Waals surface area contributed by atoms with Crippen molar-refractivity contribution < 1.29 is 23.5 Å². The first-order valence-electron chi connectivity index (χ1n) is 6.24. The first-order chi connectivity index (χ1) is 9.17. The van der Waals surface area contributed by atoms with E-state index in [0.29, 0.717) is 17.9 Å². The summed E-state index contributed by atoms with van der Waals surface area (Å²) in [5.41, 5.74) is 0.393. The second-order valence-electron chi connectivity index (χ2n) is 3.71. The molecular formula is C14H18O5. The molecule has 0 aliphatic heterocycles. The maximum atomic E-state index is 11.8. The van der Waals surface area contributed by atoms with E-state index in [1.165, 1.54) is 6.26 Å². The van der Waals surface area contributed by atoms with Gasteiger partial charge in [0, 0.05) is 12.0 Å². The van der Waals surface area contributed by atoms with E-state index in [9.17, 15) is 9.59 Å². The molecule has 0 fully saturated rings. The minimum absolute atomic E-state index is 0.138. The normalized spacial score (nSPS) is 11.2. The van der Waals surface area contributed by atoms with Crippen molar-refractivity contribution >= 4 is 18.0 Å². The molecule has 1 aromatic heterocycles. The molecule has 0 bridgehead atoms. The van der Waals surface area contributed by atoms with E-state index < -0.39 is 5.97 Å². The fraction of sp³-hybridized carbons (Fsp3) is 0.429. The fourth-order valence-electron chi connectivity index (χ4n) is 1.47. The highest BCUT2D eigenvalue weighted by Gasteiger charge is 2.14. The maximum Gasteiger partial charge on any atom is 0.334 e. The second kappa shape index (κ2) is 8.13. The summed E-state index contributed by atoms with van der Waals surface area (Å²) in [6, 6.07) is 3.45. The summed E-state index contributed by atoms with van der Waals surface area (Å²) in [6.07, 6.45) is 3.49. The van der Waals surface area contributed by atoms with E-state index in [1.807, 2.05) is 0 Å². The summed E-state index contributed by atoms with van der Waals surface area (Å²) >= 11 is 0. The van der Waals surface area contributed by atoms with Crippen LogP contribution in [0.15, 0.2) is 28.4 Å². The van der Waals surface area contributed by atoms with Crippen LogP contribution in [0.5, 0.6) is 0 Å². The predicted octanol–water partition coefficient (Wildman–Crippen LogP) is 2.57. The molecule has 0 radical (unpaired) electrons. The number of esters is 2. The zero-order valence-corrected chi connectivity index (χ0v) is 11.2. The van der Waals surface area contributed by atoms with E-state index in [0.717, 1.165) is 0 Å². The molecule has 5 nitrogen and oxygen atoms in total. The third kappa shape index (κ3) is 5.42. The molecule has 104 valence electrons. The number of carbonyl (C=O) groups excluding carboxylic acids is 2. The molecule has 5 heteroatoms. The molecule has 0 atom stereocenters. The molecule has 1 aromatic rings. The highest BCUT2D eigenvalue weighted by atomic mass is 16.5. The predicted molar refractivity (Wildman–Crippen MR) is 69.2 cm³/mol. The summed E-state index contributed by atoms with van der Waals surface area (Å²) < 4.78 is 14.9. The lowest BCUT2D eigenvalue weighted by Gasteiger charge is -2.06. The van der Waals surface area contributed by atoms with Crippen molar-refractivity contribution in [1.29, 1.82) is 0 Å². The van der Waals surface area contributed by atoms with Crippen LogP contribution < -0.4 is 0 Å². The van der Waals surface area contributed by atoms with Crippen LogP contribution in [0.4, 0.5) is 0 Å². The number of carbonyl (C=O) groups is 2. The van der Waals surface area contributed by atoms with Gasteiger partial charge < -0.3 is 13.9 Å². The second-order valence-corrected chi connectivity index (χ2v) is 3.71. The Morgan fingerprint density at radius 3 is 2.53 bits per heavy atom. The first kappa shape index (κ1) is 15.0. The van der Waals surface area contributed by atoms with Crippen molar-refractivity contribution in [2.75, 3.05) is 13.2 Å². The Kier molecular flexibility index (Phi) is 6.43. The molecule has 0 N–H and O–H groups in total. The van der Waals surface area contributed by atoms with E-state index in [4.69, 9.17) is 13.9 Å². The maximum absolute atomic E-state index is 11.8. The molecule has 0 saturated heterocycles. The summed E-state index contributed by atoms with van der Waals surface area (Å²) in [4.78, 5) is 23.1. The van der Waals surface area contributed by atoms with Crippen LogP contribution in [0.25, 0.3) is 6.08 Å². The standard InChI is InChI=1S/C14H18O5/c1-3-17-13(15)8-7-11(14(16)18-4-2)10-12-6-5-9-19-12/h5-6,9-10H,3-4,7-8H2,1-2H3/b11-10+. The highest BCUT2D eigenvalue weighted by Crippen LogP contribution is 2.14. The third-order valence-corrected chi connectivity index (χ3v) is 2.30. The average molecular weight is 266 g/mol. The van der Waals surface area contributed by atoms with Crippen molar-refractivity contribution in [2.45, 2.75) is 26.7 Å². The summed E-state index contributed by atoms with van der Waals surface area (Å²) in [5, 5.41) is 0. The number of ether oxygens (including phenoxy) is 2. The molecule has 0 aromatic carbocycles. The molecular weight excluding hydrogens is 248 g/mol. The SMILES string of the molecule is CCOC(=O)CC/C(=C\c1ccco1)C(=O)OCC. The zero-order chi connectivity index (χ0) is 14.1. The lowest BCUT2D eigenvalue weighted by atomic mass is 10.1. The fourth-order valence-corrected chi connectivity index (χ4v) is 1.47. The van der Waals surface area contributed by atoms with Crippen LogP contribution in [0.3, 0.4) is 0 Å². The Balaban J connectivity index is 2.70. The van der Waals surface area contributed by atoms with E-state index >= 15 is 0 Å². The number of furan rings is 1. The van der Waals surface area contributed by atoms with Crippen molar-refractivity contribution in [1.82, 2.24) is 0 Å².